The monoisotopic (exact) mass is 322 g/mol. The Bertz CT molecular complexity index is 366. The van der Waals surface area contributed by atoms with Crippen molar-refractivity contribution in [1.29, 1.82) is 0 Å². The van der Waals surface area contributed by atoms with Gasteiger partial charge in [-0.15, -0.1) is 0 Å². The van der Waals surface area contributed by atoms with Crippen LogP contribution in [0.4, 0.5) is 0 Å². The fraction of sp³-hybridized carbons (Fsp3) is 0.947. The van der Waals surface area contributed by atoms with Crippen molar-refractivity contribution in [2.45, 2.75) is 51.9 Å². The van der Waals surface area contributed by atoms with Gasteiger partial charge >= 0.3 is 0 Å². The number of rotatable bonds is 6. The van der Waals surface area contributed by atoms with Crippen LogP contribution in [-0.2, 0) is 9.53 Å². The zero-order chi connectivity index (χ0) is 16.1. The van der Waals surface area contributed by atoms with Gasteiger partial charge in [-0.25, -0.2) is 0 Å². The first-order chi connectivity index (χ1) is 11.3. The van der Waals surface area contributed by atoms with Crippen LogP contribution in [0.2, 0.25) is 0 Å². The molecule has 23 heavy (non-hydrogen) atoms. The molecule has 132 valence electrons. The summed E-state index contributed by atoms with van der Waals surface area (Å²) in [6, 6.07) is 0. The van der Waals surface area contributed by atoms with Crippen molar-refractivity contribution in [2.24, 2.45) is 17.8 Å². The molecule has 2 heterocycles. The van der Waals surface area contributed by atoms with Gasteiger partial charge in [0.15, 0.2) is 0 Å². The van der Waals surface area contributed by atoms with Gasteiger partial charge in [0.25, 0.3) is 0 Å². The highest BCUT2D eigenvalue weighted by Crippen LogP contribution is 2.33. The van der Waals surface area contributed by atoms with Crippen molar-refractivity contribution in [3.63, 3.8) is 0 Å². The summed E-state index contributed by atoms with van der Waals surface area (Å²) in [6.07, 6.45) is 8.92. The molecule has 3 aliphatic rings. The second-order valence-corrected chi connectivity index (χ2v) is 7.79. The maximum absolute atomic E-state index is 12.3. The normalized spacial score (nSPS) is 29.7. The van der Waals surface area contributed by atoms with E-state index in [-0.39, 0.29) is 0 Å². The Morgan fingerprint density at radius 2 is 1.70 bits per heavy atom. The standard InChI is InChI=1S/C19H34N2O2/c1-2-23-12-9-19(22)21-14-17-7-10-20(11-8-18(17)15-21)13-16-5-3-4-6-16/h16-18H,2-15H2,1H3/t17-,18+. The maximum atomic E-state index is 12.3. The highest BCUT2D eigenvalue weighted by molar-refractivity contribution is 5.76. The van der Waals surface area contributed by atoms with Crippen LogP contribution < -0.4 is 0 Å². The molecule has 3 fully saturated rings. The smallest absolute Gasteiger partial charge is 0.224 e. The van der Waals surface area contributed by atoms with E-state index in [1.807, 2.05) is 6.92 Å². The molecule has 0 spiro atoms. The molecule has 2 aliphatic heterocycles. The van der Waals surface area contributed by atoms with E-state index < -0.39 is 0 Å². The fourth-order valence-electron chi connectivity index (χ4n) is 4.81. The number of hydrogen-bond acceptors (Lipinski definition) is 3. The number of carbonyl (C=O) groups is 1. The molecule has 0 aromatic rings. The van der Waals surface area contributed by atoms with E-state index >= 15 is 0 Å². The zero-order valence-electron chi connectivity index (χ0n) is 14.8. The highest BCUT2D eigenvalue weighted by atomic mass is 16.5. The van der Waals surface area contributed by atoms with Crippen LogP contribution in [0.25, 0.3) is 0 Å². The summed E-state index contributed by atoms with van der Waals surface area (Å²) >= 11 is 0. The summed E-state index contributed by atoms with van der Waals surface area (Å²) in [7, 11) is 0. The molecule has 2 atom stereocenters. The molecule has 1 aliphatic carbocycles. The number of amides is 1. The number of fused-ring (bicyclic) bond motifs is 1. The zero-order valence-corrected chi connectivity index (χ0v) is 14.8. The second kappa shape index (κ2) is 8.48. The first kappa shape index (κ1) is 17.2. The summed E-state index contributed by atoms with van der Waals surface area (Å²) in [5.74, 6) is 2.73. The number of likely N-dealkylation sites (tertiary alicyclic amines) is 2. The Kier molecular flexibility index (Phi) is 6.35. The van der Waals surface area contributed by atoms with Gasteiger partial charge in [0.2, 0.25) is 5.91 Å². The molecule has 0 aromatic heterocycles. The lowest BCUT2D eigenvalue weighted by molar-refractivity contribution is -0.131. The largest absolute Gasteiger partial charge is 0.381 e. The molecule has 4 nitrogen and oxygen atoms in total. The van der Waals surface area contributed by atoms with E-state index in [0.717, 1.165) is 30.8 Å². The Labute approximate surface area is 141 Å². The van der Waals surface area contributed by atoms with E-state index in [2.05, 4.69) is 9.80 Å². The number of carbonyl (C=O) groups excluding carboxylic acids is 1. The van der Waals surface area contributed by atoms with Crippen molar-refractivity contribution in [3.05, 3.63) is 0 Å². The number of nitrogens with zero attached hydrogens (tertiary/aromatic N) is 2. The lowest BCUT2D eigenvalue weighted by atomic mass is 9.92. The minimum atomic E-state index is 0.300. The molecular weight excluding hydrogens is 288 g/mol. The van der Waals surface area contributed by atoms with E-state index in [1.54, 1.807) is 0 Å². The lowest BCUT2D eigenvalue weighted by Gasteiger charge is -2.24. The van der Waals surface area contributed by atoms with E-state index in [0.29, 0.717) is 25.5 Å². The van der Waals surface area contributed by atoms with Crippen molar-refractivity contribution in [2.75, 3.05) is 45.9 Å². The molecule has 0 N–H and O–H groups in total. The summed E-state index contributed by atoms with van der Waals surface area (Å²) < 4.78 is 5.33. The molecule has 3 rings (SSSR count). The van der Waals surface area contributed by atoms with Crippen molar-refractivity contribution in [3.8, 4) is 0 Å². The summed E-state index contributed by atoms with van der Waals surface area (Å²) in [5.41, 5.74) is 0. The SMILES string of the molecule is CCOCCC(=O)N1C[C@H]2CCN(CC3CCCC3)CC[C@H]2C1. The first-order valence-electron chi connectivity index (χ1n) is 9.84. The second-order valence-electron chi connectivity index (χ2n) is 7.79. The Balaban J connectivity index is 1.42. The predicted octanol–water partition coefficient (Wildman–Crippen LogP) is 2.77. The van der Waals surface area contributed by atoms with Gasteiger partial charge in [-0.2, -0.15) is 0 Å². The van der Waals surface area contributed by atoms with Crippen LogP contribution in [0, 0.1) is 17.8 Å². The van der Waals surface area contributed by atoms with Gasteiger partial charge in [0.05, 0.1) is 13.0 Å². The average Bonchev–Trinajstić information content (AvgIpc) is 3.16. The molecule has 0 radical (unpaired) electrons. The number of ether oxygens (including phenoxy) is 1. The van der Waals surface area contributed by atoms with Gasteiger partial charge in [0, 0.05) is 26.2 Å². The minimum Gasteiger partial charge on any atom is -0.381 e. The van der Waals surface area contributed by atoms with Crippen molar-refractivity contribution >= 4 is 5.91 Å². The molecule has 0 bridgehead atoms. The van der Waals surface area contributed by atoms with Crippen LogP contribution >= 0.6 is 0 Å². The third kappa shape index (κ3) is 4.69. The highest BCUT2D eigenvalue weighted by Gasteiger charge is 2.36. The third-order valence-electron chi connectivity index (χ3n) is 6.22. The van der Waals surface area contributed by atoms with Gasteiger partial charge in [-0.05, 0) is 63.5 Å². The van der Waals surface area contributed by atoms with Gasteiger partial charge < -0.3 is 14.5 Å². The Hall–Kier alpha value is -0.610. The summed E-state index contributed by atoms with van der Waals surface area (Å²) in [5, 5.41) is 0. The van der Waals surface area contributed by atoms with Crippen molar-refractivity contribution < 1.29 is 9.53 Å². The van der Waals surface area contributed by atoms with Gasteiger partial charge in [-0.1, -0.05) is 12.8 Å². The average molecular weight is 322 g/mol. The maximum Gasteiger partial charge on any atom is 0.224 e. The predicted molar refractivity (Wildman–Crippen MR) is 92.3 cm³/mol. The Morgan fingerprint density at radius 1 is 1.04 bits per heavy atom. The van der Waals surface area contributed by atoms with Crippen LogP contribution in [0.5, 0.6) is 0 Å². The quantitative estimate of drug-likeness (QED) is 0.705. The van der Waals surface area contributed by atoms with Crippen LogP contribution in [0.3, 0.4) is 0 Å². The van der Waals surface area contributed by atoms with E-state index in [4.69, 9.17) is 4.74 Å². The van der Waals surface area contributed by atoms with Crippen LogP contribution in [0.15, 0.2) is 0 Å². The van der Waals surface area contributed by atoms with Gasteiger partial charge in [-0.3, -0.25) is 4.79 Å². The molecule has 2 saturated heterocycles. The molecule has 1 amide bonds. The molecule has 0 unspecified atom stereocenters. The summed E-state index contributed by atoms with van der Waals surface area (Å²) in [6.45, 7) is 9.08. The third-order valence-corrected chi connectivity index (χ3v) is 6.22. The Morgan fingerprint density at radius 3 is 2.30 bits per heavy atom. The van der Waals surface area contributed by atoms with Crippen LogP contribution in [0.1, 0.15) is 51.9 Å². The van der Waals surface area contributed by atoms with Crippen LogP contribution in [-0.4, -0.2) is 61.6 Å². The van der Waals surface area contributed by atoms with E-state index in [1.165, 1.54) is 58.2 Å². The number of hydrogen-bond donors (Lipinski definition) is 0. The van der Waals surface area contributed by atoms with Gasteiger partial charge in [0.1, 0.15) is 0 Å². The molecule has 0 aromatic carbocycles. The fourth-order valence-corrected chi connectivity index (χ4v) is 4.81. The van der Waals surface area contributed by atoms with E-state index in [9.17, 15) is 4.79 Å². The lowest BCUT2D eigenvalue weighted by Crippen LogP contribution is -2.33. The summed E-state index contributed by atoms with van der Waals surface area (Å²) in [4.78, 5) is 17.1. The molecular formula is C19H34N2O2. The molecule has 1 saturated carbocycles. The minimum absolute atomic E-state index is 0.300. The first-order valence-corrected chi connectivity index (χ1v) is 9.84. The van der Waals surface area contributed by atoms with Crippen molar-refractivity contribution in [1.82, 2.24) is 9.80 Å². The molecule has 4 heteroatoms. The topological polar surface area (TPSA) is 32.8 Å².